The monoisotopic (exact) mass is 460 g/mol. The first-order valence-electron chi connectivity index (χ1n) is 10.3. The predicted molar refractivity (Wildman–Crippen MR) is 122 cm³/mol. The molecule has 2 aromatic carbocycles. The number of halogens is 1. The Hall–Kier alpha value is -3.33. The summed E-state index contributed by atoms with van der Waals surface area (Å²) in [5.74, 6) is -0.376. The number of para-hydroxylation sites is 2. The maximum absolute atomic E-state index is 12.5. The van der Waals surface area contributed by atoms with Gasteiger partial charge in [0.1, 0.15) is 0 Å². The normalized spacial score (nSPS) is 13.8. The molecule has 0 aliphatic carbocycles. The Morgan fingerprint density at radius 1 is 1.16 bits per heavy atom. The van der Waals surface area contributed by atoms with E-state index < -0.39 is 17.4 Å². The van der Waals surface area contributed by atoms with Gasteiger partial charge in [-0.25, -0.2) is 0 Å². The summed E-state index contributed by atoms with van der Waals surface area (Å²) >= 11 is 6.14. The molecule has 10 heteroatoms. The lowest BCUT2D eigenvalue weighted by Crippen LogP contribution is -2.50. The van der Waals surface area contributed by atoms with Crippen LogP contribution in [0.3, 0.4) is 0 Å². The van der Waals surface area contributed by atoms with Crippen LogP contribution in [-0.2, 0) is 9.59 Å². The quantitative estimate of drug-likeness (QED) is 0.500. The first-order valence-corrected chi connectivity index (χ1v) is 10.6. The standard InChI is InChI=1S/C22H25ClN4O5/c1-15(2)22(29)26-11-9-25(10-12-26)18-8-7-16(23)13-17(18)24-21(28)14-32-20-6-4-3-5-19(20)27(30)31/h3-8,13,15H,9-12,14H2,1-2H3,(H,24,28). The number of nitro benzene ring substituents is 1. The number of nitrogens with zero attached hydrogens (tertiary/aromatic N) is 3. The second-order valence-electron chi connectivity index (χ2n) is 7.69. The third-order valence-corrected chi connectivity index (χ3v) is 5.31. The number of amides is 2. The zero-order valence-electron chi connectivity index (χ0n) is 17.9. The molecule has 32 heavy (non-hydrogen) atoms. The lowest BCUT2D eigenvalue weighted by atomic mass is 10.1. The molecule has 1 heterocycles. The molecule has 1 aliphatic rings. The van der Waals surface area contributed by atoms with E-state index in [1.165, 1.54) is 18.2 Å². The number of piperazine rings is 1. The van der Waals surface area contributed by atoms with E-state index in [0.29, 0.717) is 36.9 Å². The van der Waals surface area contributed by atoms with Crippen LogP contribution in [0.15, 0.2) is 42.5 Å². The maximum atomic E-state index is 12.5. The molecule has 0 saturated carbocycles. The van der Waals surface area contributed by atoms with Crippen LogP contribution in [0, 0.1) is 16.0 Å². The summed E-state index contributed by atoms with van der Waals surface area (Å²) in [6.45, 7) is 5.79. The Labute approximate surface area is 191 Å². The van der Waals surface area contributed by atoms with Crippen molar-refractivity contribution in [3.05, 3.63) is 57.6 Å². The number of benzene rings is 2. The molecule has 1 aliphatic heterocycles. The minimum absolute atomic E-state index is 0.0184. The van der Waals surface area contributed by atoms with Crippen molar-refractivity contribution in [3.8, 4) is 5.75 Å². The highest BCUT2D eigenvalue weighted by molar-refractivity contribution is 6.31. The average molecular weight is 461 g/mol. The van der Waals surface area contributed by atoms with E-state index >= 15 is 0 Å². The maximum Gasteiger partial charge on any atom is 0.310 e. The minimum atomic E-state index is -0.564. The van der Waals surface area contributed by atoms with Gasteiger partial charge >= 0.3 is 5.69 Å². The fraction of sp³-hybridized carbons (Fsp3) is 0.364. The summed E-state index contributed by atoms with van der Waals surface area (Å²) in [6.07, 6.45) is 0. The van der Waals surface area contributed by atoms with Crippen molar-refractivity contribution in [2.45, 2.75) is 13.8 Å². The summed E-state index contributed by atoms with van der Waals surface area (Å²) in [6, 6.07) is 11.1. The number of nitrogens with one attached hydrogen (secondary N) is 1. The fourth-order valence-corrected chi connectivity index (χ4v) is 3.65. The number of carbonyl (C=O) groups is 2. The highest BCUT2D eigenvalue weighted by atomic mass is 35.5. The van der Waals surface area contributed by atoms with Gasteiger partial charge in [0.05, 0.1) is 16.3 Å². The molecule has 170 valence electrons. The van der Waals surface area contributed by atoms with Crippen LogP contribution < -0.4 is 15.0 Å². The third kappa shape index (κ3) is 5.67. The molecule has 0 bridgehead atoms. The second kappa shape index (κ2) is 10.3. The van der Waals surface area contributed by atoms with Crippen LogP contribution in [-0.4, -0.2) is 54.4 Å². The highest BCUT2D eigenvalue weighted by Gasteiger charge is 2.24. The lowest BCUT2D eigenvalue weighted by Gasteiger charge is -2.37. The number of rotatable bonds is 7. The summed E-state index contributed by atoms with van der Waals surface area (Å²) < 4.78 is 5.37. The second-order valence-corrected chi connectivity index (χ2v) is 8.13. The van der Waals surface area contributed by atoms with Crippen LogP contribution in [0.1, 0.15) is 13.8 Å². The number of anilines is 2. The van der Waals surface area contributed by atoms with Gasteiger partial charge in [0.25, 0.3) is 5.91 Å². The minimum Gasteiger partial charge on any atom is -0.477 e. The van der Waals surface area contributed by atoms with Gasteiger partial charge in [-0.05, 0) is 24.3 Å². The number of hydrogen-bond donors (Lipinski definition) is 1. The Balaban J connectivity index is 1.66. The van der Waals surface area contributed by atoms with Gasteiger partial charge in [-0.2, -0.15) is 0 Å². The largest absolute Gasteiger partial charge is 0.477 e. The summed E-state index contributed by atoms with van der Waals surface area (Å²) in [5, 5.41) is 14.3. The van der Waals surface area contributed by atoms with Crippen LogP contribution >= 0.6 is 11.6 Å². The number of carbonyl (C=O) groups excluding carboxylic acids is 2. The van der Waals surface area contributed by atoms with Crippen molar-refractivity contribution in [2.24, 2.45) is 5.92 Å². The molecular weight excluding hydrogens is 436 g/mol. The fourth-order valence-electron chi connectivity index (χ4n) is 3.48. The summed E-state index contributed by atoms with van der Waals surface area (Å²) in [4.78, 5) is 39.2. The van der Waals surface area contributed by atoms with Gasteiger partial charge < -0.3 is 19.9 Å². The topological polar surface area (TPSA) is 105 Å². The van der Waals surface area contributed by atoms with Crippen molar-refractivity contribution in [1.82, 2.24) is 4.90 Å². The first kappa shape index (κ1) is 23.3. The van der Waals surface area contributed by atoms with E-state index in [2.05, 4.69) is 10.2 Å². The van der Waals surface area contributed by atoms with Crippen LogP contribution in [0.2, 0.25) is 5.02 Å². The average Bonchev–Trinajstić information content (AvgIpc) is 2.77. The van der Waals surface area contributed by atoms with E-state index in [1.807, 2.05) is 24.8 Å². The van der Waals surface area contributed by atoms with E-state index in [4.69, 9.17) is 16.3 Å². The number of nitro groups is 1. The Morgan fingerprint density at radius 2 is 1.84 bits per heavy atom. The number of hydrogen-bond acceptors (Lipinski definition) is 6. The number of ether oxygens (including phenoxy) is 1. The first-order chi connectivity index (χ1) is 15.3. The van der Waals surface area contributed by atoms with E-state index in [-0.39, 0.29) is 23.3 Å². The SMILES string of the molecule is CC(C)C(=O)N1CCN(c2ccc(Cl)cc2NC(=O)COc2ccccc2[N+](=O)[O-])CC1. The van der Waals surface area contributed by atoms with E-state index in [9.17, 15) is 19.7 Å². The molecule has 1 saturated heterocycles. The van der Waals surface area contributed by atoms with E-state index in [1.54, 1.807) is 18.2 Å². The van der Waals surface area contributed by atoms with E-state index in [0.717, 1.165) is 5.69 Å². The Morgan fingerprint density at radius 3 is 2.50 bits per heavy atom. The molecule has 0 spiro atoms. The van der Waals surface area contributed by atoms with Crippen LogP contribution in [0.5, 0.6) is 5.75 Å². The molecule has 1 fully saturated rings. The predicted octanol–water partition coefficient (Wildman–Crippen LogP) is 3.57. The molecule has 3 rings (SSSR count). The summed E-state index contributed by atoms with van der Waals surface area (Å²) in [7, 11) is 0. The Kier molecular flexibility index (Phi) is 7.53. The molecule has 0 aromatic heterocycles. The molecule has 9 nitrogen and oxygen atoms in total. The lowest BCUT2D eigenvalue weighted by molar-refractivity contribution is -0.385. The summed E-state index contributed by atoms with van der Waals surface area (Å²) in [5.41, 5.74) is 1.08. The molecule has 0 unspecified atom stereocenters. The van der Waals surface area contributed by atoms with Crippen molar-refractivity contribution in [2.75, 3.05) is 43.0 Å². The van der Waals surface area contributed by atoms with Crippen molar-refractivity contribution in [3.63, 3.8) is 0 Å². The van der Waals surface area contributed by atoms with Crippen LogP contribution in [0.4, 0.5) is 17.1 Å². The zero-order chi connectivity index (χ0) is 23.3. The smallest absolute Gasteiger partial charge is 0.310 e. The van der Waals surface area contributed by atoms with Gasteiger partial charge in [-0.3, -0.25) is 19.7 Å². The van der Waals surface area contributed by atoms with Crippen LogP contribution in [0.25, 0.3) is 0 Å². The van der Waals surface area contributed by atoms with Crippen molar-refractivity contribution >= 4 is 40.5 Å². The van der Waals surface area contributed by atoms with Gasteiger partial charge in [0, 0.05) is 43.2 Å². The molecule has 2 amide bonds. The van der Waals surface area contributed by atoms with Crippen molar-refractivity contribution < 1.29 is 19.2 Å². The Bertz CT molecular complexity index is 1010. The third-order valence-electron chi connectivity index (χ3n) is 5.08. The van der Waals surface area contributed by atoms with Gasteiger partial charge in [0.2, 0.25) is 5.91 Å². The molecule has 0 radical (unpaired) electrons. The van der Waals surface area contributed by atoms with Gasteiger partial charge in [-0.15, -0.1) is 0 Å². The van der Waals surface area contributed by atoms with Gasteiger partial charge in [-0.1, -0.05) is 37.6 Å². The van der Waals surface area contributed by atoms with Gasteiger partial charge in [0.15, 0.2) is 12.4 Å². The molecular formula is C22H25ClN4O5. The van der Waals surface area contributed by atoms with Crippen molar-refractivity contribution in [1.29, 1.82) is 0 Å². The highest BCUT2D eigenvalue weighted by Crippen LogP contribution is 2.31. The molecule has 1 N–H and O–H groups in total. The zero-order valence-corrected chi connectivity index (χ0v) is 18.7. The molecule has 2 aromatic rings. The molecule has 0 atom stereocenters.